The standard InChI is InChI=1S/C18H26N2O/c1-18(2)10-14-9-13(3-6-17(14)21-18)11-19-15-7-8-20(12-15)16-4-5-16/h3,6,9,15-16,19H,4-5,7-8,10-12H2,1-2H3. The lowest BCUT2D eigenvalue weighted by Crippen LogP contribution is -2.32. The van der Waals surface area contributed by atoms with E-state index in [1.165, 1.54) is 43.5 Å². The van der Waals surface area contributed by atoms with Gasteiger partial charge in [0.2, 0.25) is 0 Å². The molecule has 3 aliphatic rings. The lowest BCUT2D eigenvalue weighted by molar-refractivity contribution is 0.138. The second-order valence-corrected chi connectivity index (χ2v) is 7.57. The van der Waals surface area contributed by atoms with E-state index in [1.54, 1.807) is 0 Å². The molecule has 0 spiro atoms. The summed E-state index contributed by atoms with van der Waals surface area (Å²) in [5.41, 5.74) is 2.72. The average Bonchev–Trinajstić information content (AvgIpc) is 3.09. The van der Waals surface area contributed by atoms with E-state index >= 15 is 0 Å². The summed E-state index contributed by atoms with van der Waals surface area (Å²) in [6.07, 6.45) is 5.17. The van der Waals surface area contributed by atoms with Crippen LogP contribution in [0.2, 0.25) is 0 Å². The van der Waals surface area contributed by atoms with E-state index in [-0.39, 0.29) is 5.60 Å². The molecule has 0 amide bonds. The first-order valence-corrected chi connectivity index (χ1v) is 8.37. The summed E-state index contributed by atoms with van der Waals surface area (Å²) in [5.74, 6) is 1.07. The Morgan fingerprint density at radius 3 is 2.95 bits per heavy atom. The normalized spacial score (nSPS) is 27.6. The fraction of sp³-hybridized carbons (Fsp3) is 0.667. The minimum atomic E-state index is -0.0371. The fourth-order valence-electron chi connectivity index (χ4n) is 3.76. The number of hydrogen-bond donors (Lipinski definition) is 1. The molecule has 0 bridgehead atoms. The Hall–Kier alpha value is -1.06. The van der Waals surface area contributed by atoms with Crippen LogP contribution in [0.3, 0.4) is 0 Å². The molecule has 0 radical (unpaired) electrons. The van der Waals surface area contributed by atoms with Crippen molar-refractivity contribution in [3.63, 3.8) is 0 Å². The highest BCUT2D eigenvalue weighted by molar-refractivity contribution is 5.41. The van der Waals surface area contributed by atoms with Gasteiger partial charge >= 0.3 is 0 Å². The number of likely N-dealkylation sites (tertiary alicyclic amines) is 1. The number of hydrogen-bond acceptors (Lipinski definition) is 3. The third kappa shape index (κ3) is 2.95. The third-order valence-electron chi connectivity index (χ3n) is 5.01. The zero-order chi connectivity index (χ0) is 14.4. The van der Waals surface area contributed by atoms with Gasteiger partial charge in [-0.3, -0.25) is 4.90 Å². The van der Waals surface area contributed by atoms with Crippen LogP contribution in [0.15, 0.2) is 18.2 Å². The molecule has 0 aromatic heterocycles. The summed E-state index contributed by atoms with van der Waals surface area (Å²) >= 11 is 0. The molecular weight excluding hydrogens is 260 g/mol. The third-order valence-corrected chi connectivity index (χ3v) is 5.01. The molecule has 4 rings (SSSR count). The van der Waals surface area contributed by atoms with Crippen LogP contribution < -0.4 is 10.1 Å². The van der Waals surface area contributed by atoms with Crippen LogP contribution in [0.5, 0.6) is 5.75 Å². The van der Waals surface area contributed by atoms with E-state index in [1.807, 2.05) is 0 Å². The van der Waals surface area contributed by atoms with Crippen molar-refractivity contribution in [1.82, 2.24) is 10.2 Å². The van der Waals surface area contributed by atoms with E-state index in [0.717, 1.165) is 24.8 Å². The van der Waals surface area contributed by atoms with Gasteiger partial charge in [-0.2, -0.15) is 0 Å². The van der Waals surface area contributed by atoms with Crippen LogP contribution in [-0.2, 0) is 13.0 Å². The van der Waals surface area contributed by atoms with Crippen molar-refractivity contribution in [2.75, 3.05) is 13.1 Å². The smallest absolute Gasteiger partial charge is 0.123 e. The molecule has 2 fully saturated rings. The molecule has 3 heteroatoms. The zero-order valence-electron chi connectivity index (χ0n) is 13.2. The lowest BCUT2D eigenvalue weighted by Gasteiger charge is -2.16. The average molecular weight is 286 g/mol. The molecule has 1 aromatic rings. The summed E-state index contributed by atoms with van der Waals surface area (Å²) in [6, 6.07) is 8.26. The van der Waals surface area contributed by atoms with Crippen LogP contribution in [0, 0.1) is 0 Å². The molecular formula is C18H26N2O. The van der Waals surface area contributed by atoms with Gasteiger partial charge < -0.3 is 10.1 Å². The predicted molar refractivity (Wildman–Crippen MR) is 84.7 cm³/mol. The Balaban J connectivity index is 1.34. The molecule has 3 nitrogen and oxygen atoms in total. The second-order valence-electron chi connectivity index (χ2n) is 7.57. The first-order chi connectivity index (χ1) is 10.1. The number of ether oxygens (including phenoxy) is 1. The summed E-state index contributed by atoms with van der Waals surface area (Å²) in [5, 5.41) is 3.74. The molecule has 1 N–H and O–H groups in total. The summed E-state index contributed by atoms with van der Waals surface area (Å²) in [7, 11) is 0. The monoisotopic (exact) mass is 286 g/mol. The lowest BCUT2D eigenvalue weighted by atomic mass is 10.00. The first kappa shape index (κ1) is 13.6. The molecule has 1 aliphatic carbocycles. The van der Waals surface area contributed by atoms with Crippen molar-refractivity contribution < 1.29 is 4.74 Å². The Bertz CT molecular complexity index is 536. The highest BCUT2D eigenvalue weighted by Gasteiger charge is 2.34. The van der Waals surface area contributed by atoms with Crippen molar-refractivity contribution in [3.05, 3.63) is 29.3 Å². The van der Waals surface area contributed by atoms with E-state index in [0.29, 0.717) is 6.04 Å². The largest absolute Gasteiger partial charge is 0.487 e. The molecule has 1 saturated carbocycles. The van der Waals surface area contributed by atoms with E-state index < -0.39 is 0 Å². The van der Waals surface area contributed by atoms with Gasteiger partial charge in [-0.25, -0.2) is 0 Å². The summed E-state index contributed by atoms with van der Waals surface area (Å²) in [4.78, 5) is 2.66. The molecule has 114 valence electrons. The number of benzene rings is 1. The van der Waals surface area contributed by atoms with Gasteiger partial charge in [0.05, 0.1) is 0 Å². The van der Waals surface area contributed by atoms with Crippen molar-refractivity contribution in [1.29, 1.82) is 0 Å². The van der Waals surface area contributed by atoms with Crippen LogP contribution in [-0.4, -0.2) is 35.7 Å². The maximum absolute atomic E-state index is 5.95. The Labute approximate surface area is 127 Å². The van der Waals surface area contributed by atoms with Gasteiger partial charge in [0.15, 0.2) is 0 Å². The van der Waals surface area contributed by atoms with Gasteiger partial charge in [0.1, 0.15) is 11.4 Å². The summed E-state index contributed by atoms with van der Waals surface area (Å²) in [6.45, 7) is 7.84. The first-order valence-electron chi connectivity index (χ1n) is 8.37. The SMILES string of the molecule is CC1(C)Cc2cc(CNC3CCN(C4CC4)C3)ccc2O1. The van der Waals surface area contributed by atoms with Crippen LogP contribution in [0.25, 0.3) is 0 Å². The Morgan fingerprint density at radius 1 is 1.29 bits per heavy atom. The number of nitrogens with zero attached hydrogens (tertiary/aromatic N) is 1. The molecule has 1 atom stereocenters. The van der Waals surface area contributed by atoms with Crippen LogP contribution in [0.1, 0.15) is 44.2 Å². The Morgan fingerprint density at radius 2 is 2.14 bits per heavy atom. The zero-order valence-corrected chi connectivity index (χ0v) is 13.2. The topological polar surface area (TPSA) is 24.5 Å². The predicted octanol–water partition coefficient (Wildman–Crippen LogP) is 2.73. The van der Waals surface area contributed by atoms with Crippen LogP contribution in [0.4, 0.5) is 0 Å². The van der Waals surface area contributed by atoms with E-state index in [4.69, 9.17) is 4.74 Å². The quantitative estimate of drug-likeness (QED) is 0.921. The van der Waals surface area contributed by atoms with Crippen molar-refractivity contribution in [2.45, 2.75) is 63.8 Å². The number of fused-ring (bicyclic) bond motifs is 1. The van der Waals surface area contributed by atoms with Crippen LogP contribution >= 0.6 is 0 Å². The molecule has 21 heavy (non-hydrogen) atoms. The van der Waals surface area contributed by atoms with Gasteiger partial charge in [-0.1, -0.05) is 12.1 Å². The minimum Gasteiger partial charge on any atom is -0.487 e. The van der Waals surface area contributed by atoms with Gasteiger partial charge in [0.25, 0.3) is 0 Å². The Kier molecular flexibility index (Phi) is 3.23. The maximum Gasteiger partial charge on any atom is 0.123 e. The van der Waals surface area contributed by atoms with Gasteiger partial charge in [-0.15, -0.1) is 0 Å². The molecule has 2 aliphatic heterocycles. The van der Waals surface area contributed by atoms with Gasteiger partial charge in [0, 0.05) is 38.1 Å². The molecule has 1 saturated heterocycles. The number of nitrogens with one attached hydrogen (secondary N) is 1. The minimum absolute atomic E-state index is 0.0371. The van der Waals surface area contributed by atoms with Gasteiger partial charge in [-0.05, 0) is 50.3 Å². The highest BCUT2D eigenvalue weighted by Crippen LogP contribution is 2.35. The van der Waals surface area contributed by atoms with Crippen molar-refractivity contribution in [2.24, 2.45) is 0 Å². The highest BCUT2D eigenvalue weighted by atomic mass is 16.5. The second kappa shape index (κ2) is 4.99. The molecule has 1 aromatic carbocycles. The van der Waals surface area contributed by atoms with Crippen molar-refractivity contribution in [3.8, 4) is 5.75 Å². The number of rotatable bonds is 4. The summed E-state index contributed by atoms with van der Waals surface area (Å²) < 4.78 is 5.95. The molecule has 1 unspecified atom stereocenters. The van der Waals surface area contributed by atoms with E-state index in [9.17, 15) is 0 Å². The molecule has 2 heterocycles. The van der Waals surface area contributed by atoms with E-state index in [2.05, 4.69) is 42.3 Å². The maximum atomic E-state index is 5.95. The fourth-order valence-corrected chi connectivity index (χ4v) is 3.76. The van der Waals surface area contributed by atoms with Crippen molar-refractivity contribution >= 4 is 0 Å².